The predicted molar refractivity (Wildman–Crippen MR) is 84.8 cm³/mol. The predicted octanol–water partition coefficient (Wildman–Crippen LogP) is 0.793. The summed E-state index contributed by atoms with van der Waals surface area (Å²) in [6.07, 6.45) is 1.10. The van der Waals surface area contributed by atoms with E-state index < -0.39 is 5.92 Å². The van der Waals surface area contributed by atoms with Gasteiger partial charge in [-0.2, -0.15) is 0 Å². The largest absolute Gasteiger partial charge is 0.392 e. The number of amides is 2. The molecule has 0 aliphatic carbocycles. The van der Waals surface area contributed by atoms with Gasteiger partial charge in [-0.25, -0.2) is 0 Å². The monoisotopic (exact) mass is 305 g/mol. The molecule has 1 aromatic carbocycles. The molecular formula is C15H19N3O2S. The van der Waals surface area contributed by atoms with Crippen molar-refractivity contribution in [1.29, 1.82) is 0 Å². The number of piperidine rings is 1. The van der Waals surface area contributed by atoms with E-state index in [9.17, 15) is 9.59 Å². The minimum absolute atomic E-state index is 0.0548. The summed E-state index contributed by atoms with van der Waals surface area (Å²) in [5, 5.41) is 2.95. The molecule has 0 bridgehead atoms. The molecule has 3 N–H and O–H groups in total. The van der Waals surface area contributed by atoms with E-state index in [1.54, 1.807) is 11.9 Å². The molecule has 1 aromatic rings. The van der Waals surface area contributed by atoms with Gasteiger partial charge in [0.05, 0.1) is 4.99 Å². The highest BCUT2D eigenvalue weighted by Crippen LogP contribution is 2.18. The van der Waals surface area contributed by atoms with Crippen LogP contribution in [0.2, 0.25) is 0 Å². The average molecular weight is 305 g/mol. The highest BCUT2D eigenvalue weighted by molar-refractivity contribution is 7.80. The van der Waals surface area contributed by atoms with Crippen molar-refractivity contribution in [2.24, 2.45) is 5.73 Å². The second-order valence-corrected chi connectivity index (χ2v) is 5.74. The summed E-state index contributed by atoms with van der Waals surface area (Å²) in [4.78, 5) is 25.7. The molecule has 2 unspecified atom stereocenters. The topological polar surface area (TPSA) is 75.4 Å². The number of nitrogens with zero attached hydrogens (tertiary/aromatic N) is 1. The lowest BCUT2D eigenvalue weighted by Crippen LogP contribution is -2.50. The van der Waals surface area contributed by atoms with Crippen LogP contribution in [0.25, 0.3) is 0 Å². The summed E-state index contributed by atoms with van der Waals surface area (Å²) in [6, 6.07) is 9.18. The summed E-state index contributed by atoms with van der Waals surface area (Å²) >= 11 is 5.04. The van der Waals surface area contributed by atoms with Gasteiger partial charge in [0, 0.05) is 26.1 Å². The zero-order valence-corrected chi connectivity index (χ0v) is 12.7. The number of hydrogen-bond acceptors (Lipinski definition) is 3. The molecule has 0 saturated carbocycles. The average Bonchev–Trinajstić information content (AvgIpc) is 2.44. The first-order valence-electron chi connectivity index (χ1n) is 6.87. The fraction of sp³-hybridized carbons (Fsp3) is 0.400. The second kappa shape index (κ2) is 6.67. The van der Waals surface area contributed by atoms with Crippen molar-refractivity contribution >= 4 is 29.0 Å². The molecule has 0 spiro atoms. The number of nitrogens with two attached hydrogens (primary N) is 1. The highest BCUT2D eigenvalue weighted by atomic mass is 32.1. The van der Waals surface area contributed by atoms with Crippen molar-refractivity contribution in [2.45, 2.75) is 24.8 Å². The molecule has 1 saturated heterocycles. The first-order chi connectivity index (χ1) is 9.99. The summed E-state index contributed by atoms with van der Waals surface area (Å²) in [5.41, 5.74) is 6.51. The molecule has 0 radical (unpaired) electrons. The van der Waals surface area contributed by atoms with Crippen molar-refractivity contribution < 1.29 is 9.59 Å². The first kappa shape index (κ1) is 15.4. The van der Waals surface area contributed by atoms with Crippen LogP contribution in [0.15, 0.2) is 30.3 Å². The van der Waals surface area contributed by atoms with Gasteiger partial charge >= 0.3 is 0 Å². The molecule has 2 rings (SSSR count). The number of thiocarbonyl (C=S) groups is 1. The first-order valence-corrected chi connectivity index (χ1v) is 7.28. The van der Waals surface area contributed by atoms with E-state index in [-0.39, 0.29) is 22.8 Å². The standard InChI is InChI=1S/C15H19N3O2S/c1-18-9-11(7-8-12(18)19)17-15(20)13(14(16)21)10-5-3-2-4-6-10/h2-6,11,13H,7-9H2,1H3,(H2,16,21)(H,17,20). The molecule has 1 aliphatic rings. The van der Waals surface area contributed by atoms with Gasteiger partial charge in [0.15, 0.2) is 0 Å². The number of likely N-dealkylation sites (tertiary alicyclic amines) is 1. The molecule has 1 aliphatic heterocycles. The molecule has 0 aromatic heterocycles. The summed E-state index contributed by atoms with van der Waals surface area (Å²) in [5.74, 6) is -0.736. The van der Waals surface area contributed by atoms with Gasteiger partial charge in [-0.15, -0.1) is 0 Å². The van der Waals surface area contributed by atoms with Gasteiger partial charge in [-0.1, -0.05) is 42.5 Å². The Bertz CT molecular complexity index is 547. The van der Waals surface area contributed by atoms with Gasteiger partial charge < -0.3 is 16.0 Å². The number of rotatable bonds is 4. The van der Waals surface area contributed by atoms with Gasteiger partial charge in [0.25, 0.3) is 0 Å². The van der Waals surface area contributed by atoms with Gasteiger partial charge in [0.1, 0.15) is 5.92 Å². The number of hydrogen-bond donors (Lipinski definition) is 2. The third-order valence-electron chi connectivity index (χ3n) is 3.65. The van der Waals surface area contributed by atoms with Gasteiger partial charge in [-0.3, -0.25) is 9.59 Å². The Hall–Kier alpha value is -1.95. The van der Waals surface area contributed by atoms with E-state index in [0.29, 0.717) is 19.4 Å². The van der Waals surface area contributed by atoms with Crippen molar-refractivity contribution in [2.75, 3.05) is 13.6 Å². The molecule has 21 heavy (non-hydrogen) atoms. The smallest absolute Gasteiger partial charge is 0.234 e. The third kappa shape index (κ3) is 3.78. The van der Waals surface area contributed by atoms with Crippen LogP contribution in [0.5, 0.6) is 0 Å². The molecule has 1 heterocycles. The maximum absolute atomic E-state index is 12.5. The van der Waals surface area contributed by atoms with Crippen molar-refractivity contribution in [3.8, 4) is 0 Å². The van der Waals surface area contributed by atoms with Crippen LogP contribution in [0.3, 0.4) is 0 Å². The van der Waals surface area contributed by atoms with Crippen LogP contribution >= 0.6 is 12.2 Å². The van der Waals surface area contributed by atoms with E-state index in [4.69, 9.17) is 18.0 Å². The Kier molecular flexibility index (Phi) is 4.90. The number of nitrogens with one attached hydrogen (secondary N) is 1. The molecular weight excluding hydrogens is 286 g/mol. The van der Waals surface area contributed by atoms with Crippen LogP contribution in [-0.2, 0) is 9.59 Å². The Morgan fingerprint density at radius 2 is 2.10 bits per heavy atom. The summed E-state index contributed by atoms with van der Waals surface area (Å²) in [6.45, 7) is 0.517. The SMILES string of the molecule is CN1CC(NC(=O)C(C(N)=S)c2ccccc2)CCC1=O. The van der Waals surface area contributed by atoms with E-state index >= 15 is 0 Å². The molecule has 1 fully saturated rings. The molecule has 2 amide bonds. The Morgan fingerprint density at radius 1 is 1.43 bits per heavy atom. The summed E-state index contributed by atoms with van der Waals surface area (Å²) in [7, 11) is 1.74. The van der Waals surface area contributed by atoms with E-state index in [1.165, 1.54) is 0 Å². The van der Waals surface area contributed by atoms with Crippen LogP contribution in [0.4, 0.5) is 0 Å². The maximum Gasteiger partial charge on any atom is 0.234 e. The van der Waals surface area contributed by atoms with Crippen molar-refractivity contribution in [3.05, 3.63) is 35.9 Å². The lowest BCUT2D eigenvalue weighted by molar-refractivity contribution is -0.134. The summed E-state index contributed by atoms with van der Waals surface area (Å²) < 4.78 is 0. The molecule has 112 valence electrons. The molecule has 5 nitrogen and oxygen atoms in total. The highest BCUT2D eigenvalue weighted by Gasteiger charge is 2.29. The Labute approximate surface area is 129 Å². The van der Waals surface area contributed by atoms with Crippen LogP contribution in [-0.4, -0.2) is 41.3 Å². The van der Waals surface area contributed by atoms with E-state index in [2.05, 4.69) is 5.32 Å². The number of carbonyl (C=O) groups is 2. The van der Waals surface area contributed by atoms with E-state index in [1.807, 2.05) is 30.3 Å². The van der Waals surface area contributed by atoms with Crippen molar-refractivity contribution in [3.63, 3.8) is 0 Å². The Morgan fingerprint density at radius 3 is 2.67 bits per heavy atom. The fourth-order valence-corrected chi connectivity index (χ4v) is 2.75. The number of benzene rings is 1. The van der Waals surface area contributed by atoms with Crippen molar-refractivity contribution in [1.82, 2.24) is 10.2 Å². The van der Waals surface area contributed by atoms with Crippen LogP contribution < -0.4 is 11.1 Å². The maximum atomic E-state index is 12.5. The van der Waals surface area contributed by atoms with Gasteiger partial charge in [0.2, 0.25) is 11.8 Å². The zero-order valence-electron chi connectivity index (χ0n) is 11.9. The van der Waals surface area contributed by atoms with Crippen LogP contribution in [0.1, 0.15) is 24.3 Å². The Balaban J connectivity index is 2.06. The van der Waals surface area contributed by atoms with Gasteiger partial charge in [-0.05, 0) is 12.0 Å². The molecule has 6 heteroatoms. The lowest BCUT2D eigenvalue weighted by Gasteiger charge is -2.31. The minimum atomic E-state index is -0.635. The number of carbonyl (C=O) groups excluding carboxylic acids is 2. The number of likely N-dealkylation sites (N-methyl/N-ethyl adjacent to an activating group) is 1. The van der Waals surface area contributed by atoms with E-state index in [0.717, 1.165) is 5.56 Å². The normalized spacial score (nSPS) is 20.0. The lowest BCUT2D eigenvalue weighted by atomic mass is 9.97. The fourth-order valence-electron chi connectivity index (χ4n) is 2.50. The molecule has 2 atom stereocenters. The zero-order chi connectivity index (χ0) is 15.4. The third-order valence-corrected chi connectivity index (χ3v) is 3.89. The quantitative estimate of drug-likeness (QED) is 0.807. The second-order valence-electron chi connectivity index (χ2n) is 5.26. The van der Waals surface area contributed by atoms with Crippen LogP contribution in [0, 0.1) is 0 Å². The minimum Gasteiger partial charge on any atom is -0.392 e.